The summed E-state index contributed by atoms with van der Waals surface area (Å²) in [6, 6.07) is 8.80. The number of hydrogen-bond donors (Lipinski definition) is 2. The molecule has 2 heterocycles. The average molecular weight is 387 g/mol. The Hall–Kier alpha value is -2.57. The molecule has 152 valence electrons. The van der Waals surface area contributed by atoms with Crippen molar-refractivity contribution in [2.24, 2.45) is 5.92 Å². The molecule has 0 radical (unpaired) electrons. The fourth-order valence-electron chi connectivity index (χ4n) is 4.20. The van der Waals surface area contributed by atoms with Gasteiger partial charge in [0.25, 0.3) is 0 Å². The molecule has 2 N–H and O–H groups in total. The Bertz CT molecular complexity index is 718. The van der Waals surface area contributed by atoms with Crippen molar-refractivity contribution in [2.75, 3.05) is 26.2 Å². The van der Waals surface area contributed by atoms with E-state index in [9.17, 15) is 19.5 Å². The molecule has 28 heavy (non-hydrogen) atoms. The zero-order valence-electron chi connectivity index (χ0n) is 16.4. The van der Waals surface area contributed by atoms with E-state index in [1.54, 1.807) is 36.1 Å². The van der Waals surface area contributed by atoms with Gasteiger partial charge in [0.1, 0.15) is 0 Å². The normalized spacial score (nSPS) is 21.8. The first-order valence-electron chi connectivity index (χ1n) is 10.1. The fraction of sp³-hybridized carbons (Fsp3) is 0.571. The van der Waals surface area contributed by atoms with Gasteiger partial charge < -0.3 is 20.2 Å². The quantitative estimate of drug-likeness (QED) is 0.812. The van der Waals surface area contributed by atoms with Crippen LogP contribution in [0.15, 0.2) is 30.3 Å². The minimum absolute atomic E-state index is 0.00181. The van der Waals surface area contributed by atoms with Crippen LogP contribution in [0.1, 0.15) is 44.6 Å². The third-order valence-electron chi connectivity index (χ3n) is 5.94. The van der Waals surface area contributed by atoms with Crippen LogP contribution in [0.2, 0.25) is 0 Å². The molecular formula is C21H29N3O4. The molecular weight excluding hydrogens is 358 g/mol. The van der Waals surface area contributed by atoms with Crippen LogP contribution < -0.4 is 5.32 Å². The first-order valence-corrected chi connectivity index (χ1v) is 10.1. The standard InChI is InChI=1S/C21H29N3O4/c1-2-21(19(26)27,17-10-4-3-5-11-17)22-18(25)16-9-8-14-24(15-16)20(28)23-12-6-7-13-23/h3-5,10-11,16H,2,6-9,12-15H2,1H3,(H,22,25)(H,26,27). The highest BCUT2D eigenvalue weighted by Crippen LogP contribution is 2.28. The Kier molecular flexibility index (Phi) is 6.21. The zero-order chi connectivity index (χ0) is 20.1. The van der Waals surface area contributed by atoms with E-state index >= 15 is 0 Å². The molecule has 2 saturated heterocycles. The number of carboxylic acid groups (broad SMARTS) is 1. The van der Waals surface area contributed by atoms with Gasteiger partial charge in [0.2, 0.25) is 5.91 Å². The maximum absolute atomic E-state index is 13.0. The lowest BCUT2D eigenvalue weighted by Gasteiger charge is -2.37. The summed E-state index contributed by atoms with van der Waals surface area (Å²) in [4.78, 5) is 41.4. The number of urea groups is 1. The Labute approximate surface area is 165 Å². The molecule has 2 unspecified atom stereocenters. The minimum atomic E-state index is -1.46. The molecule has 0 aliphatic carbocycles. The highest BCUT2D eigenvalue weighted by atomic mass is 16.4. The summed E-state index contributed by atoms with van der Waals surface area (Å²) >= 11 is 0. The van der Waals surface area contributed by atoms with Gasteiger partial charge in [-0.1, -0.05) is 37.3 Å². The van der Waals surface area contributed by atoms with Crippen LogP contribution >= 0.6 is 0 Å². The van der Waals surface area contributed by atoms with E-state index in [4.69, 9.17) is 0 Å². The second kappa shape index (κ2) is 8.63. The summed E-state index contributed by atoms with van der Waals surface area (Å²) in [7, 11) is 0. The molecule has 2 aliphatic heterocycles. The van der Waals surface area contributed by atoms with Crippen LogP contribution in [0.5, 0.6) is 0 Å². The fourth-order valence-corrected chi connectivity index (χ4v) is 4.20. The number of carbonyl (C=O) groups is 3. The molecule has 1 aromatic carbocycles. The van der Waals surface area contributed by atoms with E-state index in [0.717, 1.165) is 32.4 Å². The zero-order valence-corrected chi connectivity index (χ0v) is 16.4. The molecule has 3 amide bonds. The lowest BCUT2D eigenvalue weighted by Crippen LogP contribution is -2.56. The number of nitrogens with one attached hydrogen (secondary N) is 1. The number of nitrogens with zero attached hydrogens (tertiary/aromatic N) is 2. The molecule has 0 saturated carbocycles. The van der Waals surface area contributed by atoms with Gasteiger partial charge in [0, 0.05) is 26.2 Å². The summed E-state index contributed by atoms with van der Waals surface area (Å²) in [5.41, 5.74) is -0.904. The first-order chi connectivity index (χ1) is 13.5. The van der Waals surface area contributed by atoms with E-state index < -0.39 is 17.4 Å². The Morgan fingerprint density at radius 2 is 1.71 bits per heavy atom. The molecule has 3 rings (SSSR count). The maximum atomic E-state index is 13.0. The third kappa shape index (κ3) is 3.98. The van der Waals surface area contributed by atoms with E-state index in [-0.39, 0.29) is 18.4 Å². The molecule has 2 aliphatic rings. The van der Waals surface area contributed by atoms with Crippen molar-refractivity contribution in [2.45, 2.75) is 44.6 Å². The van der Waals surface area contributed by atoms with Crippen molar-refractivity contribution in [3.05, 3.63) is 35.9 Å². The van der Waals surface area contributed by atoms with Gasteiger partial charge in [-0.05, 0) is 37.7 Å². The number of piperidine rings is 1. The SMILES string of the molecule is CCC(NC(=O)C1CCCN(C(=O)N2CCCC2)C1)(C(=O)O)c1ccccc1. The van der Waals surface area contributed by atoms with Crippen molar-refractivity contribution in [3.8, 4) is 0 Å². The first kappa shape index (κ1) is 20.2. The van der Waals surface area contributed by atoms with Crippen LogP contribution in [0.3, 0.4) is 0 Å². The van der Waals surface area contributed by atoms with Crippen LogP contribution in [-0.2, 0) is 15.1 Å². The summed E-state index contributed by atoms with van der Waals surface area (Å²) in [6.45, 7) is 4.30. The summed E-state index contributed by atoms with van der Waals surface area (Å²) in [6.07, 6.45) is 3.69. The highest BCUT2D eigenvalue weighted by molar-refractivity contribution is 5.89. The van der Waals surface area contributed by atoms with Crippen LogP contribution in [-0.4, -0.2) is 59.0 Å². The lowest BCUT2D eigenvalue weighted by atomic mass is 9.85. The number of likely N-dealkylation sites (tertiary alicyclic amines) is 2. The van der Waals surface area contributed by atoms with Gasteiger partial charge >= 0.3 is 12.0 Å². The second-order valence-corrected chi connectivity index (χ2v) is 7.68. The van der Waals surface area contributed by atoms with Gasteiger partial charge in [-0.15, -0.1) is 0 Å². The number of carboxylic acids is 1. The number of hydrogen-bond acceptors (Lipinski definition) is 3. The van der Waals surface area contributed by atoms with Crippen molar-refractivity contribution >= 4 is 17.9 Å². The molecule has 0 aromatic heterocycles. The predicted molar refractivity (Wildman–Crippen MR) is 105 cm³/mol. The molecule has 0 spiro atoms. The number of amides is 3. The van der Waals surface area contributed by atoms with Crippen molar-refractivity contribution in [1.29, 1.82) is 0 Å². The minimum Gasteiger partial charge on any atom is -0.479 e. The predicted octanol–water partition coefficient (Wildman–Crippen LogP) is 2.42. The topological polar surface area (TPSA) is 90.0 Å². The summed E-state index contributed by atoms with van der Waals surface area (Å²) in [5.74, 6) is -1.77. The largest absolute Gasteiger partial charge is 0.479 e. The Morgan fingerprint density at radius 3 is 2.32 bits per heavy atom. The number of carbonyl (C=O) groups excluding carboxylic acids is 2. The van der Waals surface area contributed by atoms with E-state index in [1.165, 1.54) is 0 Å². The molecule has 7 heteroatoms. The molecule has 2 fully saturated rings. The Balaban J connectivity index is 1.73. The molecule has 1 aromatic rings. The van der Waals surface area contributed by atoms with Crippen molar-refractivity contribution < 1.29 is 19.5 Å². The highest BCUT2D eigenvalue weighted by Gasteiger charge is 2.42. The maximum Gasteiger partial charge on any atom is 0.334 e. The number of aliphatic carboxylic acids is 1. The van der Waals surface area contributed by atoms with Gasteiger partial charge in [0.05, 0.1) is 5.92 Å². The van der Waals surface area contributed by atoms with E-state index in [2.05, 4.69) is 5.32 Å². The summed E-state index contributed by atoms with van der Waals surface area (Å²) in [5, 5.41) is 12.7. The second-order valence-electron chi connectivity index (χ2n) is 7.68. The van der Waals surface area contributed by atoms with Gasteiger partial charge in [-0.3, -0.25) is 4.79 Å². The average Bonchev–Trinajstić information content (AvgIpc) is 3.26. The van der Waals surface area contributed by atoms with E-state index in [0.29, 0.717) is 25.1 Å². The van der Waals surface area contributed by atoms with Gasteiger partial charge in [-0.25, -0.2) is 9.59 Å². The molecule has 0 bridgehead atoms. The molecule has 7 nitrogen and oxygen atoms in total. The third-order valence-corrected chi connectivity index (χ3v) is 5.94. The Morgan fingerprint density at radius 1 is 1.07 bits per heavy atom. The van der Waals surface area contributed by atoms with Crippen LogP contribution in [0.25, 0.3) is 0 Å². The van der Waals surface area contributed by atoms with Gasteiger partial charge in [-0.2, -0.15) is 0 Å². The van der Waals surface area contributed by atoms with E-state index in [1.807, 2.05) is 11.0 Å². The van der Waals surface area contributed by atoms with Crippen molar-refractivity contribution in [3.63, 3.8) is 0 Å². The van der Waals surface area contributed by atoms with Crippen molar-refractivity contribution in [1.82, 2.24) is 15.1 Å². The van der Waals surface area contributed by atoms with Crippen LogP contribution in [0.4, 0.5) is 4.79 Å². The molecule has 2 atom stereocenters. The van der Waals surface area contributed by atoms with Crippen LogP contribution in [0, 0.1) is 5.92 Å². The summed E-state index contributed by atoms with van der Waals surface area (Å²) < 4.78 is 0. The lowest BCUT2D eigenvalue weighted by molar-refractivity contribution is -0.149. The monoisotopic (exact) mass is 387 g/mol. The van der Waals surface area contributed by atoms with Gasteiger partial charge in [0.15, 0.2) is 5.54 Å². The smallest absolute Gasteiger partial charge is 0.334 e. The number of rotatable bonds is 5. The number of benzene rings is 1.